The van der Waals surface area contributed by atoms with Crippen LogP contribution in [0.25, 0.3) is 0 Å². The second kappa shape index (κ2) is 6.92. The first-order valence-corrected chi connectivity index (χ1v) is 7.08. The molecule has 1 heterocycles. The number of hydrogen-bond donors (Lipinski definition) is 2. The Bertz CT molecular complexity index is 481. The van der Waals surface area contributed by atoms with E-state index in [1.165, 1.54) is 6.07 Å². The van der Waals surface area contributed by atoms with Crippen molar-refractivity contribution in [2.75, 3.05) is 38.1 Å². The maximum Gasteiger partial charge on any atom is 0.337 e. The van der Waals surface area contributed by atoms with Crippen molar-refractivity contribution in [2.24, 2.45) is 0 Å². The number of halogens is 1. The first kappa shape index (κ1) is 15.1. The number of benzene rings is 1. The SMILES string of the molecule is CCN1CCOC(CNc2ccc(C(=O)O)c(Cl)c2)C1. The van der Waals surface area contributed by atoms with Crippen molar-refractivity contribution in [3.05, 3.63) is 28.8 Å². The van der Waals surface area contributed by atoms with E-state index < -0.39 is 5.97 Å². The number of nitrogens with zero attached hydrogens (tertiary/aromatic N) is 1. The quantitative estimate of drug-likeness (QED) is 0.872. The predicted octanol–water partition coefficient (Wildman–Crippen LogP) is 2.17. The number of anilines is 1. The number of ether oxygens (including phenoxy) is 1. The molecule has 0 radical (unpaired) electrons. The highest BCUT2D eigenvalue weighted by molar-refractivity contribution is 6.33. The molecular formula is C14H19ClN2O3. The molecule has 5 nitrogen and oxygen atoms in total. The van der Waals surface area contributed by atoms with Gasteiger partial charge in [0.1, 0.15) is 0 Å². The third-order valence-corrected chi connectivity index (χ3v) is 3.72. The molecule has 0 saturated carbocycles. The van der Waals surface area contributed by atoms with Gasteiger partial charge in [0.25, 0.3) is 0 Å². The second-order valence-corrected chi connectivity index (χ2v) is 5.17. The lowest BCUT2D eigenvalue weighted by Crippen LogP contribution is -2.45. The van der Waals surface area contributed by atoms with E-state index in [9.17, 15) is 4.79 Å². The summed E-state index contributed by atoms with van der Waals surface area (Å²) >= 11 is 5.93. The van der Waals surface area contributed by atoms with Crippen LogP contribution >= 0.6 is 11.6 Å². The minimum atomic E-state index is -1.02. The van der Waals surface area contributed by atoms with Crippen LogP contribution in [0.5, 0.6) is 0 Å². The average Bonchev–Trinajstić information content (AvgIpc) is 2.45. The normalized spacial score (nSPS) is 19.8. The van der Waals surface area contributed by atoms with E-state index in [2.05, 4.69) is 17.1 Å². The fourth-order valence-electron chi connectivity index (χ4n) is 2.22. The van der Waals surface area contributed by atoms with Gasteiger partial charge in [-0.3, -0.25) is 4.90 Å². The Labute approximate surface area is 123 Å². The van der Waals surface area contributed by atoms with Crippen molar-refractivity contribution in [2.45, 2.75) is 13.0 Å². The zero-order valence-electron chi connectivity index (χ0n) is 11.4. The molecule has 110 valence electrons. The van der Waals surface area contributed by atoms with E-state index in [0.717, 1.165) is 31.9 Å². The maximum atomic E-state index is 10.9. The van der Waals surface area contributed by atoms with Crippen molar-refractivity contribution < 1.29 is 14.6 Å². The fourth-order valence-corrected chi connectivity index (χ4v) is 2.48. The van der Waals surface area contributed by atoms with Gasteiger partial charge in [-0.05, 0) is 24.7 Å². The number of morpholine rings is 1. The van der Waals surface area contributed by atoms with Crippen LogP contribution in [-0.2, 0) is 4.74 Å². The Kier molecular flexibility index (Phi) is 5.23. The molecule has 1 saturated heterocycles. The molecule has 1 unspecified atom stereocenters. The Morgan fingerprint density at radius 3 is 3.05 bits per heavy atom. The van der Waals surface area contributed by atoms with Crippen molar-refractivity contribution in [1.82, 2.24) is 4.90 Å². The molecule has 1 fully saturated rings. The van der Waals surface area contributed by atoms with Crippen LogP contribution in [0.1, 0.15) is 17.3 Å². The minimum Gasteiger partial charge on any atom is -0.478 e. The molecule has 2 N–H and O–H groups in total. The summed E-state index contributed by atoms with van der Waals surface area (Å²) in [5, 5.41) is 12.4. The summed E-state index contributed by atoms with van der Waals surface area (Å²) < 4.78 is 5.69. The van der Waals surface area contributed by atoms with Crippen molar-refractivity contribution in [3.63, 3.8) is 0 Å². The smallest absolute Gasteiger partial charge is 0.337 e. The fraction of sp³-hybridized carbons (Fsp3) is 0.500. The number of nitrogens with one attached hydrogen (secondary N) is 1. The molecule has 2 rings (SSSR count). The number of hydrogen-bond acceptors (Lipinski definition) is 4. The van der Waals surface area contributed by atoms with Crippen LogP contribution in [0, 0.1) is 0 Å². The third-order valence-electron chi connectivity index (χ3n) is 3.40. The summed E-state index contributed by atoms with van der Waals surface area (Å²) in [6, 6.07) is 4.86. The topological polar surface area (TPSA) is 61.8 Å². The number of likely N-dealkylation sites (N-methyl/N-ethyl adjacent to an activating group) is 1. The average molecular weight is 299 g/mol. The molecule has 1 aliphatic rings. The number of aromatic carboxylic acids is 1. The van der Waals surface area contributed by atoms with Crippen molar-refractivity contribution in [1.29, 1.82) is 0 Å². The summed E-state index contributed by atoms with van der Waals surface area (Å²) in [4.78, 5) is 13.2. The Balaban J connectivity index is 1.91. The molecule has 1 atom stereocenters. The molecule has 0 bridgehead atoms. The summed E-state index contributed by atoms with van der Waals surface area (Å²) in [6.07, 6.45) is 0.140. The molecule has 1 aliphatic heterocycles. The molecule has 0 spiro atoms. The van der Waals surface area contributed by atoms with E-state index in [4.69, 9.17) is 21.4 Å². The standard InChI is InChI=1S/C14H19ClN2O3/c1-2-17-5-6-20-11(9-17)8-16-10-3-4-12(14(18)19)13(15)7-10/h3-4,7,11,16H,2,5-6,8-9H2,1H3,(H,18,19). The van der Waals surface area contributed by atoms with Gasteiger partial charge in [-0.1, -0.05) is 18.5 Å². The van der Waals surface area contributed by atoms with Crippen molar-refractivity contribution in [3.8, 4) is 0 Å². The zero-order valence-corrected chi connectivity index (χ0v) is 12.2. The van der Waals surface area contributed by atoms with Crippen LogP contribution < -0.4 is 5.32 Å². The number of rotatable bonds is 5. The van der Waals surface area contributed by atoms with Crippen LogP contribution in [-0.4, -0.2) is 54.9 Å². The van der Waals surface area contributed by atoms with E-state index in [-0.39, 0.29) is 16.7 Å². The van der Waals surface area contributed by atoms with Gasteiger partial charge in [-0.2, -0.15) is 0 Å². The maximum absolute atomic E-state index is 10.9. The van der Waals surface area contributed by atoms with Gasteiger partial charge in [0, 0.05) is 25.3 Å². The number of carboxylic acid groups (broad SMARTS) is 1. The second-order valence-electron chi connectivity index (χ2n) is 4.77. The molecular weight excluding hydrogens is 280 g/mol. The summed E-state index contributed by atoms with van der Waals surface area (Å²) in [5.74, 6) is -1.02. The third kappa shape index (κ3) is 3.85. The number of carbonyl (C=O) groups is 1. The molecule has 0 amide bonds. The highest BCUT2D eigenvalue weighted by atomic mass is 35.5. The Morgan fingerprint density at radius 2 is 2.40 bits per heavy atom. The monoisotopic (exact) mass is 298 g/mol. The number of carboxylic acids is 1. The Hall–Kier alpha value is -1.30. The first-order valence-electron chi connectivity index (χ1n) is 6.70. The van der Waals surface area contributed by atoms with E-state index in [0.29, 0.717) is 6.54 Å². The molecule has 0 aliphatic carbocycles. The molecule has 6 heteroatoms. The largest absolute Gasteiger partial charge is 0.478 e. The molecule has 0 aromatic heterocycles. The first-order chi connectivity index (χ1) is 9.60. The highest BCUT2D eigenvalue weighted by Gasteiger charge is 2.19. The zero-order chi connectivity index (χ0) is 14.5. The predicted molar refractivity (Wildman–Crippen MR) is 78.8 cm³/mol. The van der Waals surface area contributed by atoms with Gasteiger partial charge < -0.3 is 15.2 Å². The lowest BCUT2D eigenvalue weighted by molar-refractivity contribution is -0.0191. The molecule has 20 heavy (non-hydrogen) atoms. The van der Waals surface area contributed by atoms with Gasteiger partial charge in [0.05, 0.1) is 23.3 Å². The van der Waals surface area contributed by atoms with Gasteiger partial charge in [0.15, 0.2) is 0 Å². The molecule has 1 aromatic rings. The van der Waals surface area contributed by atoms with E-state index in [1.807, 2.05) is 0 Å². The summed E-state index contributed by atoms with van der Waals surface area (Å²) in [6.45, 7) is 6.48. The summed E-state index contributed by atoms with van der Waals surface area (Å²) in [5.41, 5.74) is 0.917. The van der Waals surface area contributed by atoms with Crippen LogP contribution in [0.15, 0.2) is 18.2 Å². The van der Waals surface area contributed by atoms with Gasteiger partial charge in [-0.25, -0.2) is 4.79 Å². The minimum absolute atomic E-state index is 0.114. The van der Waals surface area contributed by atoms with Gasteiger partial charge in [-0.15, -0.1) is 0 Å². The van der Waals surface area contributed by atoms with E-state index >= 15 is 0 Å². The summed E-state index contributed by atoms with van der Waals surface area (Å²) in [7, 11) is 0. The lowest BCUT2D eigenvalue weighted by atomic mass is 10.2. The highest BCUT2D eigenvalue weighted by Crippen LogP contribution is 2.21. The van der Waals surface area contributed by atoms with Crippen LogP contribution in [0.3, 0.4) is 0 Å². The lowest BCUT2D eigenvalue weighted by Gasteiger charge is -2.32. The van der Waals surface area contributed by atoms with Crippen LogP contribution in [0.4, 0.5) is 5.69 Å². The van der Waals surface area contributed by atoms with Gasteiger partial charge >= 0.3 is 5.97 Å². The van der Waals surface area contributed by atoms with Crippen LogP contribution in [0.2, 0.25) is 5.02 Å². The molecule has 1 aromatic carbocycles. The Morgan fingerprint density at radius 1 is 1.60 bits per heavy atom. The van der Waals surface area contributed by atoms with Gasteiger partial charge in [0.2, 0.25) is 0 Å². The van der Waals surface area contributed by atoms with E-state index in [1.54, 1.807) is 12.1 Å². The van der Waals surface area contributed by atoms with Crippen molar-refractivity contribution >= 4 is 23.3 Å².